The number of hydrogen-bond donors (Lipinski definition) is 0. The molecule has 0 aliphatic heterocycles. The number of carbonyl (C=O) groups is 4. The van der Waals surface area contributed by atoms with Crippen LogP contribution < -0.4 is 9.47 Å². The van der Waals surface area contributed by atoms with Gasteiger partial charge < -0.3 is 9.47 Å². The monoisotopic (exact) mass is 680 g/mol. The van der Waals surface area contributed by atoms with Crippen molar-refractivity contribution in [3.05, 3.63) is 128 Å². The molecule has 4 rings (SSSR count). The van der Waals surface area contributed by atoms with E-state index < -0.39 is 0 Å². The van der Waals surface area contributed by atoms with Crippen molar-refractivity contribution in [3.63, 3.8) is 0 Å². The summed E-state index contributed by atoms with van der Waals surface area (Å²) in [6, 6.07) is 23.1. The number of carbonyl (C=O) groups excluding carboxylic acids is 4. The Morgan fingerprint density at radius 1 is 0.480 bits per heavy atom. The highest BCUT2D eigenvalue weighted by Crippen LogP contribution is 2.26. The summed E-state index contributed by atoms with van der Waals surface area (Å²) in [4.78, 5) is 42.1. The molecule has 0 aliphatic rings. The van der Waals surface area contributed by atoms with Crippen LogP contribution >= 0.6 is 0 Å². The number of methoxy groups -OCH3 is 2. The van der Waals surface area contributed by atoms with Crippen molar-refractivity contribution >= 4 is 25.1 Å². The molecule has 0 aromatic heterocycles. The Morgan fingerprint density at radius 3 is 1.48 bits per heavy atom. The van der Waals surface area contributed by atoms with Crippen LogP contribution in [-0.2, 0) is 25.7 Å². The second-order valence-corrected chi connectivity index (χ2v) is 12.1. The first-order valence-electron chi connectivity index (χ1n) is 17.5. The van der Waals surface area contributed by atoms with E-state index >= 15 is 0 Å². The average molecular weight is 681 g/mol. The Labute approximate surface area is 300 Å². The van der Waals surface area contributed by atoms with E-state index in [4.69, 9.17) is 9.47 Å². The Bertz CT molecular complexity index is 1600. The van der Waals surface area contributed by atoms with Crippen LogP contribution in [0, 0.1) is 13.8 Å². The summed E-state index contributed by atoms with van der Waals surface area (Å²) < 4.78 is 9.99. The Balaban J connectivity index is 0.000000336. The fourth-order valence-electron chi connectivity index (χ4n) is 5.27. The minimum atomic E-state index is 0.571. The Hall–Kier alpha value is -4.84. The minimum Gasteiger partial charge on any atom is -0.493 e. The van der Waals surface area contributed by atoms with Gasteiger partial charge in [-0.05, 0) is 110 Å². The van der Waals surface area contributed by atoms with Crippen LogP contribution in [0.25, 0.3) is 0 Å². The molecule has 0 atom stereocenters. The fraction of sp³-hybridized carbons (Fsp3) is 0.364. The predicted molar refractivity (Wildman–Crippen MR) is 206 cm³/mol. The molecule has 0 unspecified atom stereocenters. The van der Waals surface area contributed by atoms with Crippen molar-refractivity contribution in [2.24, 2.45) is 0 Å². The van der Waals surface area contributed by atoms with Crippen LogP contribution in [0.15, 0.2) is 72.8 Å². The molecule has 0 radical (unpaired) electrons. The predicted octanol–water partition coefficient (Wildman–Crippen LogP) is 10.4. The van der Waals surface area contributed by atoms with Gasteiger partial charge in [0.2, 0.25) is 0 Å². The molecule has 0 N–H and O–H groups in total. The first-order valence-corrected chi connectivity index (χ1v) is 17.5. The first kappa shape index (κ1) is 43.2. The number of rotatable bonds is 14. The van der Waals surface area contributed by atoms with Crippen molar-refractivity contribution < 1.29 is 28.7 Å². The molecule has 6 nitrogen and oxygen atoms in total. The number of aldehydes is 4. The standard InChI is InChI=1S/2C13H18O.C9H10O3.C9H10O/c1-3-5-11-7-12(6-4-2)9-13(8-11)10-14;1-3-5-12-8-7-11(10-14)9-13(12)6-4-2;1-11-8-4-3-7(6-10)5-9(8)12-2;1-7-3-4-8(2)9(5-7)6-10/h2*7-10H,3-6H2,1-2H3;3-6H,1-2H3;3-6H,1-2H3. The maximum atomic E-state index is 10.7. The number of ether oxygens (including phenoxy) is 2. The van der Waals surface area contributed by atoms with E-state index in [-0.39, 0.29) is 0 Å². The van der Waals surface area contributed by atoms with Gasteiger partial charge in [0.15, 0.2) is 11.5 Å². The van der Waals surface area contributed by atoms with Crippen LogP contribution in [0.1, 0.15) is 128 Å². The van der Waals surface area contributed by atoms with Crippen molar-refractivity contribution in [2.45, 2.75) is 92.9 Å². The summed E-state index contributed by atoms with van der Waals surface area (Å²) in [5, 5.41) is 0. The molecule has 0 amide bonds. The van der Waals surface area contributed by atoms with Crippen LogP contribution in [0.2, 0.25) is 0 Å². The number of aryl methyl sites for hydroxylation is 6. The van der Waals surface area contributed by atoms with E-state index in [2.05, 4.69) is 39.8 Å². The summed E-state index contributed by atoms with van der Waals surface area (Å²) in [6.07, 6.45) is 12.4. The van der Waals surface area contributed by atoms with Gasteiger partial charge >= 0.3 is 0 Å². The molecule has 0 bridgehead atoms. The van der Waals surface area contributed by atoms with E-state index in [1.807, 2.05) is 56.3 Å². The molecule has 0 aliphatic carbocycles. The lowest BCUT2D eigenvalue weighted by Crippen LogP contribution is -1.95. The highest BCUT2D eigenvalue weighted by atomic mass is 16.5. The summed E-state index contributed by atoms with van der Waals surface area (Å²) in [5.74, 6) is 1.20. The van der Waals surface area contributed by atoms with Crippen molar-refractivity contribution in [3.8, 4) is 11.5 Å². The maximum Gasteiger partial charge on any atom is 0.161 e. The highest BCUT2D eigenvalue weighted by molar-refractivity contribution is 5.78. The number of benzene rings is 4. The van der Waals surface area contributed by atoms with Gasteiger partial charge in [0, 0.05) is 22.3 Å². The molecule has 50 heavy (non-hydrogen) atoms. The topological polar surface area (TPSA) is 86.7 Å². The third-order valence-electron chi connectivity index (χ3n) is 7.80. The molecule has 268 valence electrons. The van der Waals surface area contributed by atoms with Crippen LogP contribution in [0.3, 0.4) is 0 Å². The molecular weight excluding hydrogens is 624 g/mol. The zero-order valence-electron chi connectivity index (χ0n) is 31.3. The molecule has 4 aromatic rings. The zero-order valence-corrected chi connectivity index (χ0v) is 31.3. The molecule has 0 heterocycles. The lowest BCUT2D eigenvalue weighted by molar-refractivity contribution is 0.111. The van der Waals surface area contributed by atoms with Gasteiger partial charge in [0.25, 0.3) is 0 Å². The van der Waals surface area contributed by atoms with Gasteiger partial charge in [-0.2, -0.15) is 0 Å². The van der Waals surface area contributed by atoms with Gasteiger partial charge in [-0.15, -0.1) is 0 Å². The third-order valence-corrected chi connectivity index (χ3v) is 7.80. The molecule has 0 spiro atoms. The maximum absolute atomic E-state index is 10.7. The van der Waals surface area contributed by atoms with E-state index in [0.29, 0.717) is 17.1 Å². The average Bonchev–Trinajstić information content (AvgIpc) is 3.14. The first-order chi connectivity index (χ1) is 24.2. The van der Waals surface area contributed by atoms with Gasteiger partial charge in [0.1, 0.15) is 25.1 Å². The summed E-state index contributed by atoms with van der Waals surface area (Å²) in [7, 11) is 3.09. The van der Waals surface area contributed by atoms with Crippen LogP contribution in [0.4, 0.5) is 0 Å². The van der Waals surface area contributed by atoms with E-state index in [1.54, 1.807) is 25.3 Å². The quantitative estimate of drug-likeness (QED) is 0.123. The van der Waals surface area contributed by atoms with Gasteiger partial charge in [-0.25, -0.2) is 0 Å². The third kappa shape index (κ3) is 15.6. The summed E-state index contributed by atoms with van der Waals surface area (Å²) in [5.41, 5.74) is 10.5. The molecule has 0 saturated carbocycles. The van der Waals surface area contributed by atoms with Gasteiger partial charge in [-0.1, -0.05) is 89.3 Å². The molecule has 0 fully saturated rings. The summed E-state index contributed by atoms with van der Waals surface area (Å²) in [6.45, 7) is 12.6. The minimum absolute atomic E-state index is 0.571. The fourth-order valence-corrected chi connectivity index (χ4v) is 5.27. The van der Waals surface area contributed by atoms with Crippen LogP contribution in [-0.4, -0.2) is 39.4 Å². The van der Waals surface area contributed by atoms with Gasteiger partial charge in [0.05, 0.1) is 14.2 Å². The van der Waals surface area contributed by atoms with E-state index in [1.165, 1.54) is 29.4 Å². The molecular formula is C44H56O6. The van der Waals surface area contributed by atoms with Crippen molar-refractivity contribution in [1.29, 1.82) is 0 Å². The number of hydrogen-bond acceptors (Lipinski definition) is 6. The second-order valence-electron chi connectivity index (χ2n) is 12.1. The Morgan fingerprint density at radius 2 is 1.00 bits per heavy atom. The smallest absolute Gasteiger partial charge is 0.161 e. The van der Waals surface area contributed by atoms with E-state index in [0.717, 1.165) is 104 Å². The summed E-state index contributed by atoms with van der Waals surface area (Å²) >= 11 is 0. The normalized spacial score (nSPS) is 9.76. The molecule has 4 aromatic carbocycles. The lowest BCUT2D eigenvalue weighted by Gasteiger charge is -2.08. The van der Waals surface area contributed by atoms with E-state index in [9.17, 15) is 19.2 Å². The highest BCUT2D eigenvalue weighted by Gasteiger charge is 2.04. The zero-order chi connectivity index (χ0) is 37.3. The van der Waals surface area contributed by atoms with Crippen molar-refractivity contribution in [1.82, 2.24) is 0 Å². The van der Waals surface area contributed by atoms with Crippen LogP contribution in [0.5, 0.6) is 11.5 Å². The van der Waals surface area contributed by atoms with Crippen molar-refractivity contribution in [2.75, 3.05) is 14.2 Å². The van der Waals surface area contributed by atoms with Gasteiger partial charge in [-0.3, -0.25) is 19.2 Å². The molecule has 0 saturated heterocycles. The second kappa shape index (κ2) is 25.2. The SMILES string of the molecule is CCCc1cc(C=O)cc(CCC)c1.CCCc1ccc(C=O)cc1CCC.COc1ccc(C=O)cc1OC.Cc1ccc(C)c(C=O)c1. The lowest BCUT2D eigenvalue weighted by atomic mass is 9.97. The molecule has 6 heteroatoms. The Kier molecular flexibility index (Phi) is 21.7. The largest absolute Gasteiger partial charge is 0.493 e.